The SMILES string of the molecule is NCC(=O)N1CCN(Cc2nc3sc4c(c3c(=O)[nH]2)CCCC4)CC1. The Morgan fingerprint density at radius 1 is 1.20 bits per heavy atom. The Bertz CT molecular complexity index is 851. The maximum absolute atomic E-state index is 12.6. The smallest absolute Gasteiger partial charge is 0.259 e. The van der Waals surface area contributed by atoms with Crippen LogP contribution in [0.5, 0.6) is 0 Å². The predicted molar refractivity (Wildman–Crippen MR) is 97.8 cm³/mol. The van der Waals surface area contributed by atoms with E-state index in [0.29, 0.717) is 19.6 Å². The van der Waals surface area contributed by atoms with E-state index in [9.17, 15) is 9.59 Å². The Kier molecular flexibility index (Phi) is 4.58. The van der Waals surface area contributed by atoms with Crippen LogP contribution in [0.2, 0.25) is 0 Å². The van der Waals surface area contributed by atoms with Crippen LogP contribution in [0.1, 0.15) is 29.1 Å². The minimum Gasteiger partial charge on any atom is -0.339 e. The van der Waals surface area contributed by atoms with Gasteiger partial charge in [-0.05, 0) is 31.2 Å². The van der Waals surface area contributed by atoms with Crippen molar-refractivity contribution in [1.82, 2.24) is 19.8 Å². The van der Waals surface area contributed by atoms with Crippen LogP contribution < -0.4 is 11.3 Å². The topological polar surface area (TPSA) is 95.3 Å². The second-order valence-electron chi connectivity index (χ2n) is 6.76. The molecule has 1 saturated heterocycles. The molecule has 25 heavy (non-hydrogen) atoms. The number of nitrogens with zero attached hydrogens (tertiary/aromatic N) is 3. The monoisotopic (exact) mass is 361 g/mol. The zero-order valence-electron chi connectivity index (χ0n) is 14.2. The van der Waals surface area contributed by atoms with Gasteiger partial charge in [-0.3, -0.25) is 14.5 Å². The van der Waals surface area contributed by atoms with Gasteiger partial charge in [0, 0.05) is 31.1 Å². The van der Waals surface area contributed by atoms with Gasteiger partial charge >= 0.3 is 0 Å². The van der Waals surface area contributed by atoms with Crippen LogP contribution >= 0.6 is 11.3 Å². The van der Waals surface area contributed by atoms with Crippen LogP contribution in [0.25, 0.3) is 10.2 Å². The summed E-state index contributed by atoms with van der Waals surface area (Å²) in [6.45, 7) is 3.57. The summed E-state index contributed by atoms with van der Waals surface area (Å²) in [4.78, 5) is 38.2. The summed E-state index contributed by atoms with van der Waals surface area (Å²) in [5.41, 5.74) is 6.64. The van der Waals surface area contributed by atoms with Crippen molar-refractivity contribution in [2.45, 2.75) is 32.2 Å². The van der Waals surface area contributed by atoms with Crippen molar-refractivity contribution in [3.63, 3.8) is 0 Å². The van der Waals surface area contributed by atoms with E-state index in [-0.39, 0.29) is 18.0 Å². The number of hydrogen-bond acceptors (Lipinski definition) is 6. The van der Waals surface area contributed by atoms with Gasteiger partial charge in [0.2, 0.25) is 5.91 Å². The summed E-state index contributed by atoms with van der Waals surface area (Å²) in [5.74, 6) is 0.714. The van der Waals surface area contributed by atoms with Crippen molar-refractivity contribution >= 4 is 27.5 Å². The first-order valence-corrected chi connectivity index (χ1v) is 9.71. The zero-order valence-corrected chi connectivity index (χ0v) is 15.0. The Labute approximate surface area is 149 Å². The van der Waals surface area contributed by atoms with E-state index in [1.807, 2.05) is 0 Å². The molecule has 1 fully saturated rings. The van der Waals surface area contributed by atoms with Gasteiger partial charge in [-0.1, -0.05) is 0 Å². The van der Waals surface area contributed by atoms with Gasteiger partial charge < -0.3 is 15.6 Å². The third-order valence-electron chi connectivity index (χ3n) is 5.15. The molecule has 0 aromatic carbocycles. The number of nitrogens with one attached hydrogen (secondary N) is 1. The van der Waals surface area contributed by atoms with Crippen molar-refractivity contribution in [2.24, 2.45) is 5.73 Å². The number of carbonyl (C=O) groups excluding carboxylic acids is 1. The molecule has 3 N–H and O–H groups in total. The molecule has 0 atom stereocenters. The van der Waals surface area contributed by atoms with Crippen molar-refractivity contribution in [1.29, 1.82) is 0 Å². The molecule has 4 rings (SSSR count). The number of amides is 1. The van der Waals surface area contributed by atoms with Crippen molar-refractivity contribution in [2.75, 3.05) is 32.7 Å². The quantitative estimate of drug-likeness (QED) is 0.828. The third-order valence-corrected chi connectivity index (χ3v) is 6.33. The summed E-state index contributed by atoms with van der Waals surface area (Å²) >= 11 is 1.68. The maximum Gasteiger partial charge on any atom is 0.259 e. The highest BCUT2D eigenvalue weighted by Gasteiger charge is 2.22. The molecule has 0 saturated carbocycles. The second-order valence-corrected chi connectivity index (χ2v) is 7.85. The van der Waals surface area contributed by atoms with Gasteiger partial charge in [0.15, 0.2) is 0 Å². The molecule has 0 radical (unpaired) electrons. The molecular weight excluding hydrogens is 338 g/mol. The summed E-state index contributed by atoms with van der Waals surface area (Å²) in [7, 11) is 0. The zero-order chi connectivity index (χ0) is 17.4. The maximum atomic E-state index is 12.6. The van der Waals surface area contributed by atoms with Crippen molar-refractivity contribution < 1.29 is 4.79 Å². The van der Waals surface area contributed by atoms with Crippen molar-refractivity contribution in [3.8, 4) is 0 Å². The Balaban J connectivity index is 1.51. The lowest BCUT2D eigenvalue weighted by atomic mass is 9.97. The van der Waals surface area contributed by atoms with Gasteiger partial charge in [0.05, 0.1) is 18.5 Å². The number of H-pyrrole nitrogens is 1. The minimum absolute atomic E-state index is 0.00299. The Morgan fingerprint density at radius 2 is 1.96 bits per heavy atom. The number of nitrogens with two attached hydrogens (primary N) is 1. The van der Waals surface area contributed by atoms with Crippen LogP contribution in [0, 0.1) is 0 Å². The number of carbonyl (C=O) groups is 1. The number of aromatic amines is 1. The standard InChI is InChI=1S/C17H23N5O2S/c18-9-14(23)22-7-5-21(6-8-22)10-13-19-16(24)15-11-3-1-2-4-12(11)25-17(15)20-13/h1-10,18H2,(H,19,20,24). The van der Waals surface area contributed by atoms with E-state index in [1.54, 1.807) is 16.2 Å². The molecule has 0 bridgehead atoms. The third kappa shape index (κ3) is 3.21. The molecule has 0 unspecified atom stereocenters. The summed E-state index contributed by atoms with van der Waals surface area (Å²) in [6, 6.07) is 0. The fraction of sp³-hybridized carbons (Fsp3) is 0.588. The number of piperazine rings is 1. The van der Waals surface area contributed by atoms with Crippen LogP contribution in [-0.4, -0.2) is 58.4 Å². The molecule has 3 heterocycles. The van der Waals surface area contributed by atoms with E-state index in [2.05, 4.69) is 9.88 Å². The van der Waals surface area contributed by atoms with Gasteiger partial charge in [-0.25, -0.2) is 4.98 Å². The van der Waals surface area contributed by atoms with Gasteiger partial charge in [-0.2, -0.15) is 0 Å². The van der Waals surface area contributed by atoms with E-state index >= 15 is 0 Å². The molecule has 1 aliphatic heterocycles. The molecule has 134 valence electrons. The highest BCUT2D eigenvalue weighted by atomic mass is 32.1. The van der Waals surface area contributed by atoms with E-state index in [1.165, 1.54) is 16.9 Å². The average molecular weight is 361 g/mol. The van der Waals surface area contributed by atoms with Crippen LogP contribution in [0.3, 0.4) is 0 Å². The van der Waals surface area contributed by atoms with Crippen LogP contribution in [-0.2, 0) is 24.2 Å². The van der Waals surface area contributed by atoms with E-state index < -0.39 is 0 Å². The van der Waals surface area contributed by atoms with Crippen LogP contribution in [0.15, 0.2) is 4.79 Å². The molecule has 1 amide bonds. The first-order chi connectivity index (χ1) is 12.2. The largest absolute Gasteiger partial charge is 0.339 e. The lowest BCUT2D eigenvalue weighted by Crippen LogP contribution is -2.50. The number of rotatable bonds is 3. The first-order valence-electron chi connectivity index (χ1n) is 8.89. The minimum atomic E-state index is -0.00338. The molecule has 7 nitrogen and oxygen atoms in total. The van der Waals surface area contributed by atoms with Gasteiger partial charge in [0.1, 0.15) is 10.7 Å². The highest BCUT2D eigenvalue weighted by molar-refractivity contribution is 7.18. The van der Waals surface area contributed by atoms with Gasteiger partial charge in [-0.15, -0.1) is 11.3 Å². The number of hydrogen-bond donors (Lipinski definition) is 2. The summed E-state index contributed by atoms with van der Waals surface area (Å²) in [6.07, 6.45) is 4.43. The molecule has 2 aliphatic rings. The molecule has 8 heteroatoms. The van der Waals surface area contributed by atoms with Gasteiger partial charge in [0.25, 0.3) is 5.56 Å². The molecule has 0 spiro atoms. The molecular formula is C17H23N5O2S. The molecule has 1 aliphatic carbocycles. The summed E-state index contributed by atoms with van der Waals surface area (Å²) in [5, 5.41) is 0.807. The highest BCUT2D eigenvalue weighted by Crippen LogP contribution is 2.33. The lowest BCUT2D eigenvalue weighted by molar-refractivity contribution is -0.131. The van der Waals surface area contributed by atoms with E-state index in [4.69, 9.17) is 10.7 Å². The lowest BCUT2D eigenvalue weighted by Gasteiger charge is -2.34. The molecule has 2 aromatic heterocycles. The number of thiophene rings is 1. The van der Waals surface area contributed by atoms with Crippen LogP contribution in [0.4, 0.5) is 0 Å². The predicted octanol–water partition coefficient (Wildman–Crippen LogP) is 0.466. The second kappa shape index (κ2) is 6.86. The fourth-order valence-corrected chi connectivity index (χ4v) is 5.06. The average Bonchev–Trinajstić information content (AvgIpc) is 3.00. The van der Waals surface area contributed by atoms with Crippen molar-refractivity contribution in [3.05, 3.63) is 26.6 Å². The summed E-state index contributed by atoms with van der Waals surface area (Å²) < 4.78 is 0. The fourth-order valence-electron chi connectivity index (χ4n) is 3.78. The Hall–Kier alpha value is -1.77. The number of fused-ring (bicyclic) bond motifs is 3. The normalized spacial score (nSPS) is 18.5. The first kappa shape index (κ1) is 16.7. The number of aromatic nitrogens is 2. The van der Waals surface area contributed by atoms with E-state index in [0.717, 1.165) is 48.4 Å². The Morgan fingerprint density at radius 3 is 2.72 bits per heavy atom. The number of aryl methyl sites for hydroxylation is 2. The molecule has 2 aromatic rings.